The number of rotatable bonds is 31. The molecule has 3 atom stereocenters. The van der Waals surface area contributed by atoms with Gasteiger partial charge in [0.1, 0.15) is 13.2 Å². The van der Waals surface area contributed by atoms with Crippen molar-refractivity contribution in [2.45, 2.75) is 129 Å². The predicted octanol–water partition coefficient (Wildman–Crippen LogP) is 9.29. The Morgan fingerprint density at radius 1 is 0.729 bits per heavy atom. The average Bonchev–Trinajstić information content (AvgIpc) is 3.02. The molecule has 0 rings (SSSR count). The van der Waals surface area contributed by atoms with Crippen molar-refractivity contribution in [3.8, 4) is 0 Å². The minimum Gasteiger partial charge on any atom is -0.387 e. The Balaban J connectivity index is 4.49. The fourth-order valence-electron chi connectivity index (χ4n) is 4.48. The summed E-state index contributed by atoms with van der Waals surface area (Å²) in [6.07, 6.45) is 39.8. The predicted molar refractivity (Wildman–Crippen MR) is 203 cm³/mol. The van der Waals surface area contributed by atoms with E-state index < -0.39 is 20.0 Å². The molecule has 8 nitrogen and oxygen atoms in total. The van der Waals surface area contributed by atoms with E-state index in [-0.39, 0.29) is 19.1 Å². The van der Waals surface area contributed by atoms with E-state index in [9.17, 15) is 19.4 Å². The highest BCUT2D eigenvalue weighted by atomic mass is 31.2. The highest BCUT2D eigenvalue weighted by molar-refractivity contribution is 7.47. The molecule has 0 aromatic carbocycles. The van der Waals surface area contributed by atoms with Crippen molar-refractivity contribution in [2.75, 3.05) is 40.9 Å². The van der Waals surface area contributed by atoms with Gasteiger partial charge in [-0.25, -0.2) is 4.57 Å². The number of hydrogen-bond donors (Lipinski definition) is 3. The second-order valence-electron chi connectivity index (χ2n) is 13.2. The number of hydrogen-bond acceptors (Lipinski definition) is 5. The summed E-state index contributed by atoms with van der Waals surface area (Å²) in [6, 6.07) is -0.863. The lowest BCUT2D eigenvalue weighted by molar-refractivity contribution is -0.870. The molecule has 0 aliphatic rings. The summed E-state index contributed by atoms with van der Waals surface area (Å²) in [5.74, 6) is -0.218. The van der Waals surface area contributed by atoms with Crippen molar-refractivity contribution in [2.24, 2.45) is 0 Å². The van der Waals surface area contributed by atoms with Crippen molar-refractivity contribution >= 4 is 13.7 Å². The maximum Gasteiger partial charge on any atom is 0.472 e. The second-order valence-corrected chi connectivity index (χ2v) is 14.7. The minimum atomic E-state index is -4.33. The molecule has 0 aromatic heterocycles. The maximum absolute atomic E-state index is 12.7. The van der Waals surface area contributed by atoms with Crippen LogP contribution in [0, 0.1) is 0 Å². The van der Waals surface area contributed by atoms with Gasteiger partial charge in [0.2, 0.25) is 5.91 Å². The smallest absolute Gasteiger partial charge is 0.387 e. The van der Waals surface area contributed by atoms with Crippen LogP contribution in [0.25, 0.3) is 0 Å². The molecule has 0 radical (unpaired) electrons. The number of unbranched alkanes of at least 4 members (excludes halogenated alkanes) is 8. The van der Waals surface area contributed by atoms with Gasteiger partial charge in [-0.15, -0.1) is 0 Å². The van der Waals surface area contributed by atoms with Crippen LogP contribution in [0.3, 0.4) is 0 Å². The zero-order valence-electron chi connectivity index (χ0n) is 30.9. The summed E-state index contributed by atoms with van der Waals surface area (Å²) in [4.78, 5) is 22.9. The van der Waals surface area contributed by atoms with Crippen molar-refractivity contribution in [3.63, 3.8) is 0 Å². The van der Waals surface area contributed by atoms with Gasteiger partial charge in [-0.3, -0.25) is 13.8 Å². The molecule has 0 aliphatic carbocycles. The standard InChI is InChI=1S/C39H69N2O6P/c1-6-8-10-12-14-15-16-17-18-19-20-21-22-23-24-25-27-29-31-33-39(43)40-37(38(42)32-30-28-26-13-11-9-7-2)36-47-48(44,45)46-35-34-41(3,4)5/h8,10,14-15,17-18,20-21,23-24,30,32,37-38,42H,6-7,9,11-13,16,19,22,25-29,31,33-36H2,1-5H3,(H-,40,43,44,45)/p+1/b10-8-,15-14-,18-17-,21-20-,24-23-,32-30+. The molecule has 0 saturated heterocycles. The number of likely N-dealkylation sites (N-methyl/N-ethyl adjacent to an activating group) is 1. The summed E-state index contributed by atoms with van der Waals surface area (Å²) >= 11 is 0. The van der Waals surface area contributed by atoms with E-state index in [4.69, 9.17) is 9.05 Å². The Morgan fingerprint density at radius 3 is 1.81 bits per heavy atom. The molecule has 0 bridgehead atoms. The number of aliphatic hydroxyl groups is 1. The average molecular weight is 694 g/mol. The topological polar surface area (TPSA) is 105 Å². The number of allylic oxidation sites excluding steroid dienone is 11. The van der Waals surface area contributed by atoms with Crippen LogP contribution >= 0.6 is 7.82 Å². The summed E-state index contributed by atoms with van der Waals surface area (Å²) in [5, 5.41) is 13.6. The first-order valence-corrected chi connectivity index (χ1v) is 19.8. The van der Waals surface area contributed by atoms with Gasteiger partial charge in [-0.2, -0.15) is 0 Å². The molecule has 0 fully saturated rings. The molecule has 0 spiro atoms. The second kappa shape index (κ2) is 31.0. The first-order chi connectivity index (χ1) is 23.0. The van der Waals surface area contributed by atoms with E-state index in [1.165, 1.54) is 19.3 Å². The van der Waals surface area contributed by atoms with Crippen molar-refractivity contribution in [3.05, 3.63) is 72.9 Å². The van der Waals surface area contributed by atoms with Gasteiger partial charge in [0.05, 0.1) is 39.9 Å². The third-order valence-electron chi connectivity index (χ3n) is 7.43. The molecule has 0 aromatic rings. The van der Waals surface area contributed by atoms with Crippen LogP contribution in [-0.2, 0) is 18.4 Å². The fraction of sp³-hybridized carbons (Fsp3) is 0.667. The molecule has 3 N–H and O–H groups in total. The molecule has 3 unspecified atom stereocenters. The van der Waals surface area contributed by atoms with Gasteiger partial charge in [0.15, 0.2) is 0 Å². The lowest BCUT2D eigenvalue weighted by atomic mass is 10.1. The molecule has 1 amide bonds. The van der Waals surface area contributed by atoms with E-state index in [0.29, 0.717) is 17.4 Å². The summed E-state index contributed by atoms with van der Waals surface area (Å²) in [7, 11) is 1.53. The lowest BCUT2D eigenvalue weighted by Crippen LogP contribution is -2.45. The summed E-state index contributed by atoms with van der Waals surface area (Å²) in [6.45, 7) is 4.57. The summed E-state index contributed by atoms with van der Waals surface area (Å²) in [5.41, 5.74) is 0. The number of quaternary nitrogens is 1. The van der Waals surface area contributed by atoms with Crippen molar-refractivity contribution < 1.29 is 32.9 Å². The minimum absolute atomic E-state index is 0.0500. The first-order valence-electron chi connectivity index (χ1n) is 18.3. The van der Waals surface area contributed by atoms with Crippen LogP contribution in [0.2, 0.25) is 0 Å². The highest BCUT2D eigenvalue weighted by Crippen LogP contribution is 2.43. The fourth-order valence-corrected chi connectivity index (χ4v) is 5.21. The van der Waals surface area contributed by atoms with Gasteiger partial charge in [-0.05, 0) is 64.2 Å². The number of phosphoric acid groups is 1. The molecule has 48 heavy (non-hydrogen) atoms. The molecule has 276 valence electrons. The highest BCUT2D eigenvalue weighted by Gasteiger charge is 2.27. The number of carbonyl (C=O) groups is 1. The monoisotopic (exact) mass is 693 g/mol. The van der Waals surface area contributed by atoms with Crippen molar-refractivity contribution in [1.82, 2.24) is 5.32 Å². The molecule has 9 heteroatoms. The Kier molecular flexibility index (Phi) is 29.6. The quantitative estimate of drug-likeness (QED) is 0.0289. The number of phosphoric ester groups is 1. The number of nitrogens with zero attached hydrogens (tertiary/aromatic N) is 1. The van der Waals surface area contributed by atoms with Crippen LogP contribution < -0.4 is 5.32 Å². The van der Waals surface area contributed by atoms with Gasteiger partial charge >= 0.3 is 7.82 Å². The normalized spacial score (nSPS) is 15.6. The van der Waals surface area contributed by atoms with Crippen LogP contribution in [0.5, 0.6) is 0 Å². The SMILES string of the molecule is CC/C=C\C/C=C\C/C=C\C/C=C\C/C=C\CCCCCC(=O)NC(COP(=O)(O)OCC[N+](C)(C)C)C(O)/C=C/CCCCCCC. The number of nitrogens with one attached hydrogen (secondary N) is 1. The maximum atomic E-state index is 12.7. The van der Waals surface area contributed by atoms with E-state index in [2.05, 4.69) is 79.9 Å². The van der Waals surface area contributed by atoms with Crippen LogP contribution in [-0.4, -0.2) is 73.4 Å². The molecule has 0 aliphatic heterocycles. The molecular weight excluding hydrogens is 623 g/mol. The Morgan fingerprint density at radius 2 is 1.25 bits per heavy atom. The van der Waals surface area contributed by atoms with E-state index in [0.717, 1.165) is 77.0 Å². The summed E-state index contributed by atoms with van der Waals surface area (Å²) < 4.78 is 23.3. The lowest BCUT2D eigenvalue weighted by Gasteiger charge is -2.25. The Bertz CT molecular complexity index is 1010. The van der Waals surface area contributed by atoms with Gasteiger partial charge < -0.3 is 19.8 Å². The van der Waals surface area contributed by atoms with E-state index in [1.807, 2.05) is 27.2 Å². The van der Waals surface area contributed by atoms with Crippen LogP contribution in [0.4, 0.5) is 0 Å². The Labute approximate surface area is 294 Å². The Hall–Kier alpha value is -2.06. The zero-order valence-corrected chi connectivity index (χ0v) is 31.8. The molecule has 0 heterocycles. The van der Waals surface area contributed by atoms with Gasteiger partial charge in [0, 0.05) is 6.42 Å². The van der Waals surface area contributed by atoms with Gasteiger partial charge in [-0.1, -0.05) is 119 Å². The third-order valence-corrected chi connectivity index (χ3v) is 8.42. The third kappa shape index (κ3) is 32.5. The molecule has 0 saturated carbocycles. The van der Waals surface area contributed by atoms with Crippen LogP contribution in [0.15, 0.2) is 72.9 Å². The number of aliphatic hydroxyl groups excluding tert-OH is 1. The number of carbonyl (C=O) groups excluding carboxylic acids is 1. The van der Waals surface area contributed by atoms with Crippen LogP contribution in [0.1, 0.15) is 117 Å². The molecular formula is C39H70N2O6P+. The van der Waals surface area contributed by atoms with Crippen molar-refractivity contribution in [1.29, 1.82) is 0 Å². The first kappa shape index (κ1) is 45.9. The van der Waals surface area contributed by atoms with E-state index >= 15 is 0 Å². The van der Waals surface area contributed by atoms with E-state index in [1.54, 1.807) is 6.08 Å². The van der Waals surface area contributed by atoms with Gasteiger partial charge in [0.25, 0.3) is 0 Å². The number of amides is 1. The zero-order chi connectivity index (χ0) is 35.8. The largest absolute Gasteiger partial charge is 0.472 e.